The summed E-state index contributed by atoms with van der Waals surface area (Å²) in [4.78, 5) is 17.9. The SMILES string of the molecule is Cc1cc(OCP(=O)(O)O)cc(C)c1Cc1ccc(N)c(C(C)C)c1. The van der Waals surface area contributed by atoms with E-state index < -0.39 is 13.9 Å². The molecule has 0 bridgehead atoms. The van der Waals surface area contributed by atoms with E-state index in [2.05, 4.69) is 19.9 Å². The zero-order valence-electron chi connectivity index (χ0n) is 15.1. The van der Waals surface area contributed by atoms with Gasteiger partial charge < -0.3 is 20.3 Å². The molecule has 2 aromatic carbocycles. The Bertz CT molecular complexity index is 788. The van der Waals surface area contributed by atoms with Crippen molar-refractivity contribution in [1.29, 1.82) is 0 Å². The molecule has 0 fully saturated rings. The van der Waals surface area contributed by atoms with Crippen LogP contribution in [0.25, 0.3) is 0 Å². The van der Waals surface area contributed by atoms with Crippen LogP contribution in [-0.4, -0.2) is 16.1 Å². The van der Waals surface area contributed by atoms with Crippen LogP contribution in [0.4, 0.5) is 5.69 Å². The van der Waals surface area contributed by atoms with E-state index in [1.165, 1.54) is 11.1 Å². The summed E-state index contributed by atoms with van der Waals surface area (Å²) in [6, 6.07) is 9.78. The first-order valence-electron chi connectivity index (χ1n) is 8.22. The molecule has 5 nitrogen and oxygen atoms in total. The summed E-state index contributed by atoms with van der Waals surface area (Å²) in [6.07, 6.45) is 0.164. The Morgan fingerprint density at radius 2 is 1.72 bits per heavy atom. The maximum Gasteiger partial charge on any atom is 0.362 e. The molecule has 2 rings (SSSR count). The lowest BCUT2D eigenvalue weighted by Gasteiger charge is -2.16. The summed E-state index contributed by atoms with van der Waals surface area (Å²) >= 11 is 0. The second kappa shape index (κ2) is 7.61. The van der Waals surface area contributed by atoms with Crippen LogP contribution < -0.4 is 10.5 Å². The molecule has 2 aromatic rings. The Morgan fingerprint density at radius 1 is 1.12 bits per heavy atom. The average Bonchev–Trinajstić information content (AvgIpc) is 2.49. The smallest absolute Gasteiger partial charge is 0.362 e. The lowest BCUT2D eigenvalue weighted by Crippen LogP contribution is -2.03. The van der Waals surface area contributed by atoms with Crippen molar-refractivity contribution >= 4 is 13.3 Å². The fraction of sp³-hybridized carbons (Fsp3) is 0.368. The largest absolute Gasteiger partial charge is 0.481 e. The molecule has 0 atom stereocenters. The molecule has 0 aliphatic carbocycles. The molecule has 0 aliphatic heterocycles. The summed E-state index contributed by atoms with van der Waals surface area (Å²) < 4.78 is 16.2. The molecule has 6 heteroatoms. The van der Waals surface area contributed by atoms with E-state index in [1.807, 2.05) is 38.1 Å². The Balaban J connectivity index is 2.26. The van der Waals surface area contributed by atoms with Gasteiger partial charge in [-0.3, -0.25) is 4.57 Å². The van der Waals surface area contributed by atoms with Gasteiger partial charge in [0.2, 0.25) is 0 Å². The predicted molar refractivity (Wildman–Crippen MR) is 101 cm³/mol. The molecule has 0 unspecified atom stereocenters. The Hall–Kier alpha value is -1.81. The fourth-order valence-corrected chi connectivity index (χ4v) is 3.23. The maximum absolute atomic E-state index is 11.0. The Kier molecular flexibility index (Phi) is 5.94. The van der Waals surface area contributed by atoms with Gasteiger partial charge in [-0.2, -0.15) is 0 Å². The second-order valence-corrected chi connectivity index (χ2v) is 8.36. The van der Waals surface area contributed by atoms with Crippen molar-refractivity contribution < 1.29 is 19.1 Å². The van der Waals surface area contributed by atoms with E-state index in [0.29, 0.717) is 11.7 Å². The minimum absolute atomic E-state index is 0.366. The zero-order chi connectivity index (χ0) is 18.8. The normalized spacial score (nSPS) is 11.8. The molecule has 0 saturated carbocycles. The highest BCUT2D eigenvalue weighted by Crippen LogP contribution is 2.35. The molecular formula is C19H26NO4P. The number of nitrogen functional groups attached to an aromatic ring is 1. The van der Waals surface area contributed by atoms with Gasteiger partial charge in [0, 0.05) is 5.69 Å². The van der Waals surface area contributed by atoms with Gasteiger partial charge in [-0.15, -0.1) is 0 Å². The monoisotopic (exact) mass is 363 g/mol. The van der Waals surface area contributed by atoms with Gasteiger partial charge >= 0.3 is 7.60 Å². The van der Waals surface area contributed by atoms with Crippen molar-refractivity contribution in [2.45, 2.75) is 40.0 Å². The van der Waals surface area contributed by atoms with E-state index in [4.69, 9.17) is 20.3 Å². The highest BCUT2D eigenvalue weighted by Gasteiger charge is 2.15. The number of hydrogen-bond donors (Lipinski definition) is 3. The van der Waals surface area contributed by atoms with Gasteiger partial charge in [-0.25, -0.2) is 0 Å². The van der Waals surface area contributed by atoms with Crippen molar-refractivity contribution in [3.05, 3.63) is 58.1 Å². The van der Waals surface area contributed by atoms with Crippen LogP contribution in [0.3, 0.4) is 0 Å². The second-order valence-electron chi connectivity index (χ2n) is 6.77. The predicted octanol–water partition coefficient (Wildman–Crippen LogP) is 4.11. The molecule has 0 radical (unpaired) electrons. The van der Waals surface area contributed by atoms with Crippen molar-refractivity contribution in [3.8, 4) is 5.75 Å². The molecule has 0 spiro atoms. The lowest BCUT2D eigenvalue weighted by molar-refractivity contribution is 0.300. The summed E-state index contributed by atoms with van der Waals surface area (Å²) in [5.41, 5.74) is 12.4. The third-order valence-electron chi connectivity index (χ3n) is 4.22. The molecule has 4 N–H and O–H groups in total. The first kappa shape index (κ1) is 19.5. The Morgan fingerprint density at radius 3 is 2.24 bits per heavy atom. The number of ether oxygens (including phenoxy) is 1. The molecule has 0 aromatic heterocycles. The first-order chi connectivity index (χ1) is 11.6. The minimum Gasteiger partial charge on any atom is -0.481 e. The average molecular weight is 363 g/mol. The lowest BCUT2D eigenvalue weighted by atomic mass is 9.92. The first-order valence-corrected chi connectivity index (χ1v) is 10.0. The maximum atomic E-state index is 11.0. The molecule has 0 amide bonds. The molecule has 0 heterocycles. The minimum atomic E-state index is -4.18. The topological polar surface area (TPSA) is 92.8 Å². The van der Waals surface area contributed by atoms with Crippen LogP contribution >= 0.6 is 7.60 Å². The highest BCUT2D eigenvalue weighted by atomic mass is 31.2. The van der Waals surface area contributed by atoms with Crippen molar-refractivity contribution in [2.24, 2.45) is 0 Å². The van der Waals surface area contributed by atoms with Crippen LogP contribution in [0.15, 0.2) is 30.3 Å². The van der Waals surface area contributed by atoms with E-state index in [1.54, 1.807) is 0 Å². The summed E-state index contributed by atoms with van der Waals surface area (Å²) in [5.74, 6) is 0.841. The van der Waals surface area contributed by atoms with E-state index in [9.17, 15) is 4.57 Å². The van der Waals surface area contributed by atoms with Crippen LogP contribution in [-0.2, 0) is 11.0 Å². The highest BCUT2D eigenvalue weighted by molar-refractivity contribution is 7.51. The molecule has 0 saturated heterocycles. The van der Waals surface area contributed by atoms with Crippen molar-refractivity contribution in [1.82, 2.24) is 0 Å². The number of anilines is 1. The standard InChI is InChI=1S/C19H26NO4P/c1-12(2)17-9-15(5-6-19(17)20)10-18-13(3)7-16(8-14(18)4)24-11-25(21,22)23/h5-9,12H,10-11,20H2,1-4H3,(H2,21,22,23). The van der Waals surface area contributed by atoms with Crippen LogP contribution in [0, 0.1) is 13.8 Å². The van der Waals surface area contributed by atoms with Gasteiger partial charge in [-0.05, 0) is 72.2 Å². The third kappa shape index (κ3) is 5.33. The molecule has 25 heavy (non-hydrogen) atoms. The van der Waals surface area contributed by atoms with Gasteiger partial charge in [0.25, 0.3) is 0 Å². The van der Waals surface area contributed by atoms with Gasteiger partial charge in [0.1, 0.15) is 5.75 Å². The van der Waals surface area contributed by atoms with Gasteiger partial charge in [0.05, 0.1) is 0 Å². The van der Waals surface area contributed by atoms with E-state index in [-0.39, 0.29) is 0 Å². The quantitative estimate of drug-likeness (QED) is 0.530. The molecular weight excluding hydrogens is 337 g/mol. The van der Waals surface area contributed by atoms with Crippen molar-refractivity contribution in [3.63, 3.8) is 0 Å². The summed E-state index contributed by atoms with van der Waals surface area (Å²) in [5, 5.41) is 0. The number of hydrogen-bond acceptors (Lipinski definition) is 3. The number of benzene rings is 2. The van der Waals surface area contributed by atoms with Gasteiger partial charge in [-0.1, -0.05) is 26.0 Å². The van der Waals surface area contributed by atoms with Crippen LogP contribution in [0.1, 0.15) is 47.6 Å². The van der Waals surface area contributed by atoms with Crippen molar-refractivity contribution in [2.75, 3.05) is 12.1 Å². The molecule has 136 valence electrons. The summed E-state index contributed by atoms with van der Waals surface area (Å²) in [6.45, 7) is 8.21. The van der Waals surface area contributed by atoms with E-state index >= 15 is 0 Å². The number of aryl methyl sites for hydroxylation is 2. The van der Waals surface area contributed by atoms with Crippen LogP contribution in [0.5, 0.6) is 5.75 Å². The summed E-state index contributed by atoms with van der Waals surface area (Å²) in [7, 11) is -4.18. The number of nitrogens with two attached hydrogens (primary N) is 1. The number of rotatable bonds is 6. The van der Waals surface area contributed by atoms with E-state index in [0.717, 1.165) is 28.8 Å². The molecule has 0 aliphatic rings. The van der Waals surface area contributed by atoms with Gasteiger partial charge in [0.15, 0.2) is 6.35 Å². The Labute approximate surface area is 149 Å². The zero-order valence-corrected chi connectivity index (χ0v) is 16.0. The fourth-order valence-electron chi connectivity index (χ4n) is 2.91. The third-order valence-corrected chi connectivity index (χ3v) is 4.69. The van der Waals surface area contributed by atoms with Crippen LogP contribution in [0.2, 0.25) is 0 Å².